The van der Waals surface area contributed by atoms with Gasteiger partial charge in [0.05, 0.1) is 16.7 Å². The van der Waals surface area contributed by atoms with Gasteiger partial charge in [0, 0.05) is 37.4 Å². The lowest BCUT2D eigenvalue weighted by atomic mass is 10.1. The largest absolute Gasteiger partial charge is 0.494 e. The summed E-state index contributed by atoms with van der Waals surface area (Å²) in [6.07, 6.45) is 0. The van der Waals surface area contributed by atoms with E-state index < -0.39 is 0 Å². The molecule has 1 fully saturated rings. The van der Waals surface area contributed by atoms with E-state index in [1.54, 1.807) is 18.2 Å². The number of ether oxygens (including phenoxy) is 1. The summed E-state index contributed by atoms with van der Waals surface area (Å²) in [5, 5.41) is 0.860. The maximum Gasteiger partial charge on any atom is 0.254 e. The fraction of sp³-hybridized carbons (Fsp3) is 0.316. The van der Waals surface area contributed by atoms with Gasteiger partial charge in [-0.2, -0.15) is 0 Å². The summed E-state index contributed by atoms with van der Waals surface area (Å²) in [6.45, 7) is 5.56. The van der Waals surface area contributed by atoms with Crippen molar-refractivity contribution in [3.05, 3.63) is 58.1 Å². The second kappa shape index (κ2) is 7.98. The lowest BCUT2D eigenvalue weighted by Crippen LogP contribution is -2.48. The van der Waals surface area contributed by atoms with Gasteiger partial charge in [-0.15, -0.1) is 0 Å². The zero-order valence-corrected chi connectivity index (χ0v) is 15.6. The fourth-order valence-electron chi connectivity index (χ4n) is 2.90. The second-order valence-corrected chi connectivity index (χ2v) is 6.65. The van der Waals surface area contributed by atoms with Crippen molar-refractivity contribution < 1.29 is 9.53 Å². The van der Waals surface area contributed by atoms with Crippen molar-refractivity contribution in [2.75, 3.05) is 37.7 Å². The number of benzene rings is 2. The summed E-state index contributed by atoms with van der Waals surface area (Å²) in [7, 11) is 0. The van der Waals surface area contributed by atoms with Crippen LogP contribution in [0.3, 0.4) is 0 Å². The molecule has 0 radical (unpaired) electrons. The minimum absolute atomic E-state index is 0.00934. The Balaban J connectivity index is 1.61. The standard InChI is InChI=1S/C19H20Cl2N2O2/c1-2-25-16-6-4-15(5-7-16)22-9-11-23(12-10-22)19(24)14-3-8-17(20)18(21)13-14/h3-8,13H,2,9-12H2,1H3. The van der Waals surface area contributed by atoms with Crippen molar-refractivity contribution in [1.29, 1.82) is 0 Å². The number of nitrogens with zero attached hydrogens (tertiary/aromatic N) is 2. The van der Waals surface area contributed by atoms with E-state index in [9.17, 15) is 4.79 Å². The SMILES string of the molecule is CCOc1ccc(N2CCN(C(=O)c3ccc(Cl)c(Cl)c3)CC2)cc1. The van der Waals surface area contributed by atoms with Crippen molar-refractivity contribution in [3.8, 4) is 5.75 Å². The predicted octanol–water partition coefficient (Wildman–Crippen LogP) is 4.35. The molecule has 25 heavy (non-hydrogen) atoms. The molecule has 0 atom stereocenters. The summed E-state index contributed by atoms with van der Waals surface area (Å²) in [4.78, 5) is 16.7. The first kappa shape index (κ1) is 17.9. The Bertz CT molecular complexity index is 742. The smallest absolute Gasteiger partial charge is 0.254 e. The minimum atomic E-state index is -0.00934. The summed E-state index contributed by atoms with van der Waals surface area (Å²) < 4.78 is 5.47. The van der Waals surface area contributed by atoms with Crippen molar-refractivity contribution in [1.82, 2.24) is 4.90 Å². The molecule has 1 aliphatic heterocycles. The van der Waals surface area contributed by atoms with Crippen LogP contribution >= 0.6 is 23.2 Å². The van der Waals surface area contributed by atoms with Crippen LogP contribution in [-0.2, 0) is 0 Å². The maximum atomic E-state index is 12.6. The number of carbonyl (C=O) groups excluding carboxylic acids is 1. The molecule has 0 saturated carbocycles. The number of hydrogen-bond acceptors (Lipinski definition) is 3. The van der Waals surface area contributed by atoms with E-state index >= 15 is 0 Å². The summed E-state index contributed by atoms with van der Waals surface area (Å²) in [5.41, 5.74) is 1.72. The van der Waals surface area contributed by atoms with Crippen LogP contribution in [0, 0.1) is 0 Å². The average molecular weight is 379 g/mol. The van der Waals surface area contributed by atoms with Crippen LogP contribution in [0.5, 0.6) is 5.75 Å². The molecule has 1 aliphatic rings. The molecule has 1 saturated heterocycles. The number of hydrogen-bond donors (Lipinski definition) is 0. The van der Waals surface area contributed by atoms with Crippen molar-refractivity contribution in [2.24, 2.45) is 0 Å². The lowest BCUT2D eigenvalue weighted by Gasteiger charge is -2.36. The van der Waals surface area contributed by atoms with Gasteiger partial charge in [0.25, 0.3) is 5.91 Å². The highest BCUT2D eigenvalue weighted by molar-refractivity contribution is 6.42. The molecule has 6 heteroatoms. The highest BCUT2D eigenvalue weighted by atomic mass is 35.5. The molecule has 1 amide bonds. The molecule has 0 aliphatic carbocycles. The van der Waals surface area contributed by atoms with Crippen LogP contribution in [0.4, 0.5) is 5.69 Å². The van der Waals surface area contributed by atoms with Gasteiger partial charge in [-0.1, -0.05) is 23.2 Å². The molecule has 4 nitrogen and oxygen atoms in total. The van der Waals surface area contributed by atoms with Gasteiger partial charge in [0.15, 0.2) is 0 Å². The van der Waals surface area contributed by atoms with E-state index in [1.165, 1.54) is 0 Å². The van der Waals surface area contributed by atoms with Crippen molar-refractivity contribution >= 4 is 34.8 Å². The Kier molecular flexibility index (Phi) is 5.71. The lowest BCUT2D eigenvalue weighted by molar-refractivity contribution is 0.0747. The second-order valence-electron chi connectivity index (χ2n) is 5.84. The quantitative estimate of drug-likeness (QED) is 0.792. The average Bonchev–Trinajstić information content (AvgIpc) is 2.64. The van der Waals surface area contributed by atoms with Crippen LogP contribution < -0.4 is 9.64 Å². The minimum Gasteiger partial charge on any atom is -0.494 e. The van der Waals surface area contributed by atoms with Crippen LogP contribution in [0.1, 0.15) is 17.3 Å². The van der Waals surface area contributed by atoms with E-state index in [0.29, 0.717) is 35.3 Å². The van der Waals surface area contributed by atoms with Crippen molar-refractivity contribution in [3.63, 3.8) is 0 Å². The molecular weight excluding hydrogens is 359 g/mol. The molecule has 1 heterocycles. The van der Waals surface area contributed by atoms with Gasteiger partial charge in [-0.25, -0.2) is 0 Å². The molecular formula is C19H20Cl2N2O2. The third-order valence-electron chi connectivity index (χ3n) is 4.25. The number of piperazine rings is 1. The van der Waals surface area contributed by atoms with Crippen molar-refractivity contribution in [2.45, 2.75) is 6.92 Å². The van der Waals surface area contributed by atoms with Crippen LogP contribution in [0.2, 0.25) is 10.0 Å². The molecule has 2 aromatic carbocycles. The number of carbonyl (C=O) groups is 1. The van der Waals surface area contributed by atoms with Gasteiger partial charge in [0.2, 0.25) is 0 Å². The van der Waals surface area contributed by atoms with Gasteiger partial charge >= 0.3 is 0 Å². The first-order chi connectivity index (χ1) is 12.1. The van der Waals surface area contributed by atoms with Crippen LogP contribution in [-0.4, -0.2) is 43.6 Å². The Morgan fingerprint density at radius 1 is 1.00 bits per heavy atom. The van der Waals surface area contributed by atoms with Gasteiger partial charge < -0.3 is 14.5 Å². The number of anilines is 1. The molecule has 0 aromatic heterocycles. The van der Waals surface area contributed by atoms with E-state index in [2.05, 4.69) is 17.0 Å². The third kappa shape index (κ3) is 4.20. The van der Waals surface area contributed by atoms with E-state index in [0.717, 1.165) is 24.5 Å². The highest BCUT2D eigenvalue weighted by Crippen LogP contribution is 2.24. The number of halogens is 2. The number of rotatable bonds is 4. The molecule has 0 bridgehead atoms. The Labute approximate surface area is 157 Å². The molecule has 132 valence electrons. The van der Waals surface area contributed by atoms with Gasteiger partial charge in [-0.3, -0.25) is 4.79 Å². The van der Waals surface area contributed by atoms with Crippen LogP contribution in [0.15, 0.2) is 42.5 Å². The molecule has 0 N–H and O–H groups in total. The maximum absolute atomic E-state index is 12.6. The van der Waals surface area contributed by atoms with Gasteiger partial charge in [0.1, 0.15) is 5.75 Å². The fourth-order valence-corrected chi connectivity index (χ4v) is 3.20. The molecule has 0 unspecified atom stereocenters. The Hall–Kier alpha value is -1.91. The van der Waals surface area contributed by atoms with E-state index in [4.69, 9.17) is 27.9 Å². The topological polar surface area (TPSA) is 32.8 Å². The highest BCUT2D eigenvalue weighted by Gasteiger charge is 2.22. The first-order valence-electron chi connectivity index (χ1n) is 8.30. The molecule has 2 aromatic rings. The monoisotopic (exact) mass is 378 g/mol. The zero-order chi connectivity index (χ0) is 17.8. The normalized spacial score (nSPS) is 14.5. The first-order valence-corrected chi connectivity index (χ1v) is 9.06. The van der Waals surface area contributed by atoms with Crippen LogP contribution in [0.25, 0.3) is 0 Å². The third-order valence-corrected chi connectivity index (χ3v) is 4.99. The van der Waals surface area contributed by atoms with Gasteiger partial charge in [-0.05, 0) is 49.4 Å². The zero-order valence-electron chi connectivity index (χ0n) is 14.0. The summed E-state index contributed by atoms with van der Waals surface area (Å²) in [5.74, 6) is 0.865. The van der Waals surface area contributed by atoms with E-state index in [-0.39, 0.29) is 5.91 Å². The van der Waals surface area contributed by atoms with E-state index in [1.807, 2.05) is 24.0 Å². The summed E-state index contributed by atoms with van der Waals surface area (Å²) >= 11 is 11.9. The summed E-state index contributed by atoms with van der Waals surface area (Å²) in [6, 6.07) is 13.1. The Morgan fingerprint density at radius 2 is 1.68 bits per heavy atom. The Morgan fingerprint density at radius 3 is 2.28 bits per heavy atom. The molecule has 3 rings (SSSR count). The number of amides is 1. The predicted molar refractivity (Wildman–Crippen MR) is 102 cm³/mol. The molecule has 0 spiro atoms.